The van der Waals surface area contributed by atoms with Crippen LogP contribution in [0.5, 0.6) is 0 Å². The van der Waals surface area contributed by atoms with Gasteiger partial charge in [-0.05, 0) is 92.8 Å². The minimum Gasteiger partial charge on any atom is -0.322 e. The number of anilines is 1. The third kappa shape index (κ3) is 4.73. The molecule has 1 aliphatic heterocycles. The molecule has 4 rings (SSSR count). The number of nitrogens with one attached hydrogen (secondary N) is 1. The van der Waals surface area contributed by atoms with Gasteiger partial charge in [0.25, 0.3) is 11.8 Å². The van der Waals surface area contributed by atoms with Crippen LogP contribution in [-0.4, -0.2) is 28.9 Å². The number of likely N-dealkylation sites (tertiary alicyclic amines) is 1. The predicted octanol–water partition coefficient (Wildman–Crippen LogP) is 5.36. The summed E-state index contributed by atoms with van der Waals surface area (Å²) in [5.74, 6) is 0.201. The third-order valence-corrected chi connectivity index (χ3v) is 7.19. The van der Waals surface area contributed by atoms with Gasteiger partial charge in [-0.2, -0.15) is 0 Å². The summed E-state index contributed by atoms with van der Waals surface area (Å²) in [6, 6.07) is 15.0. The molecule has 3 N–H and O–H groups in total. The molecule has 0 bridgehead atoms. The highest BCUT2D eigenvalue weighted by atomic mass is 16.2. The number of nitrogens with two attached hydrogens (primary N) is 1. The van der Waals surface area contributed by atoms with E-state index in [1.807, 2.05) is 17.0 Å². The predicted molar refractivity (Wildman–Crippen MR) is 129 cm³/mol. The van der Waals surface area contributed by atoms with E-state index in [0.29, 0.717) is 23.6 Å². The summed E-state index contributed by atoms with van der Waals surface area (Å²) in [5, 5.41) is 2.94. The van der Waals surface area contributed by atoms with Crippen molar-refractivity contribution in [2.45, 2.75) is 70.4 Å². The van der Waals surface area contributed by atoms with E-state index >= 15 is 0 Å². The lowest BCUT2D eigenvalue weighted by atomic mass is 9.73. The highest BCUT2D eigenvalue weighted by Crippen LogP contribution is 2.41. The summed E-state index contributed by atoms with van der Waals surface area (Å²) in [6.07, 6.45) is 9.78. The Morgan fingerprint density at radius 2 is 1.69 bits per heavy atom. The molecule has 2 fully saturated rings. The van der Waals surface area contributed by atoms with Gasteiger partial charge in [0, 0.05) is 23.4 Å². The SMILES string of the molecule is CCCCc1ccc(NC(=O)c2ccc(C(=O)N3CCCC4CCCC[C@@]43N)cc2)cc1. The minimum atomic E-state index is -0.521. The number of fused-ring (bicyclic) bond motifs is 1. The number of carbonyl (C=O) groups excluding carboxylic acids is 2. The standard InChI is InChI=1S/C27H35N3O2/c1-2-3-7-20-10-16-24(17-11-20)29-25(31)21-12-14-22(15-13-21)26(32)30-19-6-9-23-8-4-5-18-27(23,30)28/h10-17,23H,2-9,18-19,28H2,1H3,(H,29,31)/t23?,27-/m0/s1. The van der Waals surface area contributed by atoms with E-state index in [1.165, 1.54) is 24.8 Å². The van der Waals surface area contributed by atoms with E-state index in [1.54, 1.807) is 24.3 Å². The lowest BCUT2D eigenvalue weighted by Crippen LogP contribution is -2.66. The Hall–Kier alpha value is -2.66. The van der Waals surface area contributed by atoms with Crippen LogP contribution < -0.4 is 11.1 Å². The molecule has 170 valence electrons. The van der Waals surface area contributed by atoms with Crippen molar-refractivity contribution < 1.29 is 9.59 Å². The maximum atomic E-state index is 13.3. The van der Waals surface area contributed by atoms with Gasteiger partial charge in [0.05, 0.1) is 5.66 Å². The van der Waals surface area contributed by atoms with Gasteiger partial charge in [0.15, 0.2) is 0 Å². The molecule has 1 unspecified atom stereocenters. The molecular formula is C27H35N3O2. The fourth-order valence-corrected chi connectivity index (χ4v) is 5.26. The number of rotatable bonds is 6. The van der Waals surface area contributed by atoms with E-state index in [9.17, 15) is 9.59 Å². The van der Waals surface area contributed by atoms with E-state index in [4.69, 9.17) is 5.73 Å². The monoisotopic (exact) mass is 433 g/mol. The molecule has 1 saturated carbocycles. The van der Waals surface area contributed by atoms with Crippen LogP contribution in [0.15, 0.2) is 48.5 Å². The maximum absolute atomic E-state index is 13.3. The Morgan fingerprint density at radius 3 is 2.41 bits per heavy atom. The van der Waals surface area contributed by atoms with Crippen molar-refractivity contribution in [3.8, 4) is 0 Å². The van der Waals surface area contributed by atoms with E-state index in [-0.39, 0.29) is 11.8 Å². The first-order chi connectivity index (χ1) is 15.5. The van der Waals surface area contributed by atoms with Gasteiger partial charge >= 0.3 is 0 Å². The van der Waals surface area contributed by atoms with Gasteiger partial charge in [-0.25, -0.2) is 0 Å². The number of piperidine rings is 1. The summed E-state index contributed by atoms with van der Waals surface area (Å²) >= 11 is 0. The average Bonchev–Trinajstić information content (AvgIpc) is 2.82. The Morgan fingerprint density at radius 1 is 1.00 bits per heavy atom. The van der Waals surface area contributed by atoms with Gasteiger partial charge in [0.2, 0.25) is 0 Å². The van der Waals surface area contributed by atoms with Crippen molar-refractivity contribution in [1.82, 2.24) is 4.90 Å². The van der Waals surface area contributed by atoms with E-state index in [2.05, 4.69) is 24.4 Å². The second-order valence-electron chi connectivity index (χ2n) is 9.36. The minimum absolute atomic E-state index is 0.0197. The zero-order valence-corrected chi connectivity index (χ0v) is 19.1. The summed E-state index contributed by atoms with van der Waals surface area (Å²) in [7, 11) is 0. The zero-order chi connectivity index (χ0) is 22.6. The molecule has 2 aromatic carbocycles. The van der Waals surface area contributed by atoms with Gasteiger partial charge in [0.1, 0.15) is 0 Å². The fourth-order valence-electron chi connectivity index (χ4n) is 5.26. The number of carbonyl (C=O) groups is 2. The summed E-state index contributed by atoms with van der Waals surface area (Å²) in [4.78, 5) is 27.8. The van der Waals surface area contributed by atoms with Crippen LogP contribution in [0.3, 0.4) is 0 Å². The highest BCUT2D eigenvalue weighted by molar-refractivity contribution is 6.05. The largest absolute Gasteiger partial charge is 0.322 e. The zero-order valence-electron chi connectivity index (χ0n) is 19.1. The molecule has 2 aliphatic rings. The quantitative estimate of drug-likeness (QED) is 0.644. The van der Waals surface area contributed by atoms with Crippen molar-refractivity contribution in [1.29, 1.82) is 0 Å². The molecule has 1 saturated heterocycles. The Labute approximate surface area is 191 Å². The number of amides is 2. The normalized spacial score (nSPS) is 22.8. The van der Waals surface area contributed by atoms with Gasteiger partial charge in [-0.3, -0.25) is 9.59 Å². The van der Waals surface area contributed by atoms with Crippen LogP contribution >= 0.6 is 0 Å². The lowest BCUT2D eigenvalue weighted by Gasteiger charge is -2.52. The number of nitrogens with zero attached hydrogens (tertiary/aromatic N) is 1. The molecule has 5 heteroatoms. The molecular weight excluding hydrogens is 398 g/mol. The molecule has 0 spiro atoms. The highest BCUT2D eigenvalue weighted by Gasteiger charge is 2.46. The first-order valence-electron chi connectivity index (χ1n) is 12.1. The topological polar surface area (TPSA) is 75.4 Å². The summed E-state index contributed by atoms with van der Waals surface area (Å²) in [5.41, 5.74) is 9.46. The maximum Gasteiger partial charge on any atom is 0.255 e. The molecule has 1 heterocycles. The van der Waals surface area contributed by atoms with Gasteiger partial charge in [-0.1, -0.05) is 31.9 Å². The molecule has 2 aromatic rings. The van der Waals surface area contributed by atoms with Crippen LogP contribution in [0.1, 0.15) is 84.6 Å². The van der Waals surface area contributed by atoms with Gasteiger partial charge in [-0.15, -0.1) is 0 Å². The van der Waals surface area contributed by atoms with Gasteiger partial charge < -0.3 is 16.0 Å². The number of hydrogen-bond acceptors (Lipinski definition) is 3. The summed E-state index contributed by atoms with van der Waals surface area (Å²) < 4.78 is 0. The van der Waals surface area contributed by atoms with Crippen molar-refractivity contribution in [3.63, 3.8) is 0 Å². The first-order valence-corrected chi connectivity index (χ1v) is 12.1. The third-order valence-electron chi connectivity index (χ3n) is 7.19. The second-order valence-corrected chi connectivity index (χ2v) is 9.36. The Kier molecular flexibility index (Phi) is 6.95. The van der Waals surface area contributed by atoms with Crippen molar-refractivity contribution in [2.75, 3.05) is 11.9 Å². The van der Waals surface area contributed by atoms with Crippen LogP contribution in [0.4, 0.5) is 5.69 Å². The van der Waals surface area contributed by atoms with Crippen LogP contribution in [0.2, 0.25) is 0 Å². The molecule has 2 atom stereocenters. The van der Waals surface area contributed by atoms with Crippen molar-refractivity contribution in [2.24, 2.45) is 11.7 Å². The molecule has 0 radical (unpaired) electrons. The van der Waals surface area contributed by atoms with E-state index in [0.717, 1.165) is 44.2 Å². The van der Waals surface area contributed by atoms with Crippen LogP contribution in [0, 0.1) is 5.92 Å². The smallest absolute Gasteiger partial charge is 0.255 e. The number of aryl methyl sites for hydroxylation is 1. The fraction of sp³-hybridized carbons (Fsp3) is 0.481. The summed E-state index contributed by atoms with van der Waals surface area (Å²) in [6.45, 7) is 2.89. The number of unbranched alkanes of at least 4 members (excludes halogenated alkanes) is 1. The van der Waals surface area contributed by atoms with Crippen molar-refractivity contribution in [3.05, 3.63) is 65.2 Å². The number of benzene rings is 2. The Balaban J connectivity index is 1.41. The van der Waals surface area contributed by atoms with Crippen LogP contribution in [-0.2, 0) is 6.42 Å². The molecule has 5 nitrogen and oxygen atoms in total. The number of hydrogen-bond donors (Lipinski definition) is 2. The van der Waals surface area contributed by atoms with E-state index < -0.39 is 5.66 Å². The molecule has 0 aromatic heterocycles. The molecule has 1 aliphatic carbocycles. The lowest BCUT2D eigenvalue weighted by molar-refractivity contribution is -0.0170. The first kappa shape index (κ1) is 22.5. The second kappa shape index (κ2) is 9.86. The Bertz CT molecular complexity index is 936. The molecule has 32 heavy (non-hydrogen) atoms. The average molecular weight is 434 g/mol. The van der Waals surface area contributed by atoms with Crippen LogP contribution in [0.25, 0.3) is 0 Å². The van der Waals surface area contributed by atoms with Crippen molar-refractivity contribution >= 4 is 17.5 Å². The molecule has 2 amide bonds.